The molecule has 188 valence electrons. The molecule has 1 saturated heterocycles. The number of nitrogens with zero attached hydrogens (tertiary/aromatic N) is 3. The first-order valence-electron chi connectivity index (χ1n) is 11.6. The highest BCUT2D eigenvalue weighted by Crippen LogP contribution is 2.45. The van der Waals surface area contributed by atoms with Gasteiger partial charge in [0, 0.05) is 28.1 Å². The topological polar surface area (TPSA) is 65.8 Å². The Bertz CT molecular complexity index is 1390. The molecule has 5 rings (SSSR count). The summed E-state index contributed by atoms with van der Waals surface area (Å²) < 4.78 is 11.6. The molecule has 2 aliphatic rings. The van der Waals surface area contributed by atoms with Crippen molar-refractivity contribution < 1.29 is 14.3 Å². The van der Waals surface area contributed by atoms with Gasteiger partial charge >= 0.3 is 0 Å². The molecule has 0 radical (unpaired) electrons. The number of anilines is 1. The molecule has 1 fully saturated rings. The lowest BCUT2D eigenvalue weighted by Crippen LogP contribution is -2.47. The Morgan fingerprint density at radius 3 is 2.51 bits per heavy atom. The molecule has 37 heavy (non-hydrogen) atoms. The van der Waals surface area contributed by atoms with E-state index in [9.17, 15) is 10.1 Å². The Labute approximate surface area is 230 Å². The average molecular weight is 552 g/mol. The van der Waals surface area contributed by atoms with Gasteiger partial charge in [0.15, 0.2) is 11.5 Å². The zero-order valence-electron chi connectivity index (χ0n) is 20.0. The highest BCUT2D eigenvalue weighted by atomic mass is 35.5. The first kappa shape index (κ1) is 25.3. The number of methoxy groups -OCH3 is 1. The summed E-state index contributed by atoms with van der Waals surface area (Å²) in [6.07, 6.45) is 0.185. The van der Waals surface area contributed by atoms with E-state index in [-0.39, 0.29) is 18.2 Å². The van der Waals surface area contributed by atoms with Gasteiger partial charge in [0.05, 0.1) is 36.3 Å². The maximum Gasteiger partial charge on any atom is 0.229 e. The number of ether oxygens (including phenoxy) is 2. The van der Waals surface area contributed by atoms with Gasteiger partial charge in [-0.3, -0.25) is 9.69 Å². The number of hydrogen-bond acceptors (Lipinski definition) is 6. The molecule has 1 unspecified atom stereocenters. The number of halogens is 2. The van der Waals surface area contributed by atoms with Crippen molar-refractivity contribution in [3.05, 3.63) is 98.5 Å². The third-order valence-corrected chi connectivity index (χ3v) is 7.92. The van der Waals surface area contributed by atoms with Gasteiger partial charge in [-0.05, 0) is 41.5 Å². The average Bonchev–Trinajstić information content (AvgIpc) is 2.91. The van der Waals surface area contributed by atoms with Gasteiger partial charge in [-0.25, -0.2) is 0 Å². The molecule has 3 aromatic carbocycles. The molecule has 2 heterocycles. The van der Waals surface area contributed by atoms with E-state index in [0.29, 0.717) is 51.3 Å². The molecular formula is C28H23Cl2N3O3S. The second kappa shape index (κ2) is 11.0. The predicted molar refractivity (Wildman–Crippen MR) is 147 cm³/mol. The van der Waals surface area contributed by atoms with Crippen molar-refractivity contribution in [2.75, 3.05) is 24.6 Å². The Morgan fingerprint density at radius 1 is 1.05 bits per heavy atom. The molecule has 0 N–H and O–H groups in total. The second-order valence-electron chi connectivity index (χ2n) is 8.68. The standard InChI is InChI=1S/C28H23Cl2N3O3S/c1-35-26-9-19(7-8-25(26)36-15-18-5-3-2-4-6-18)23-13-27(34)33-16-32(17-37-28(33)24(23)14-31)22-11-20(29)10-21(30)12-22/h2-12,23H,13,15-17H2,1H3. The maximum atomic E-state index is 13.3. The lowest BCUT2D eigenvalue weighted by Gasteiger charge is -2.42. The van der Waals surface area contributed by atoms with Crippen LogP contribution < -0.4 is 14.4 Å². The number of carbonyl (C=O) groups is 1. The van der Waals surface area contributed by atoms with E-state index in [2.05, 4.69) is 6.07 Å². The van der Waals surface area contributed by atoms with E-state index < -0.39 is 0 Å². The van der Waals surface area contributed by atoms with Crippen molar-refractivity contribution in [2.45, 2.75) is 18.9 Å². The van der Waals surface area contributed by atoms with Crippen LogP contribution in [-0.2, 0) is 11.4 Å². The quantitative estimate of drug-likeness (QED) is 0.335. The predicted octanol–water partition coefficient (Wildman–Crippen LogP) is 6.80. The summed E-state index contributed by atoms with van der Waals surface area (Å²) in [6.45, 7) is 0.733. The van der Waals surface area contributed by atoms with Crippen LogP contribution in [0.1, 0.15) is 23.5 Å². The van der Waals surface area contributed by atoms with Crippen molar-refractivity contribution in [1.29, 1.82) is 5.26 Å². The normalized spacial score (nSPS) is 17.4. The molecule has 0 bridgehead atoms. The summed E-state index contributed by atoms with van der Waals surface area (Å²) >= 11 is 13.8. The van der Waals surface area contributed by atoms with Gasteiger partial charge in [-0.2, -0.15) is 5.26 Å². The van der Waals surface area contributed by atoms with E-state index in [1.54, 1.807) is 18.1 Å². The molecule has 2 aliphatic heterocycles. The van der Waals surface area contributed by atoms with Crippen molar-refractivity contribution in [1.82, 2.24) is 4.90 Å². The lowest BCUT2D eigenvalue weighted by atomic mass is 9.86. The second-order valence-corrected chi connectivity index (χ2v) is 10.5. The number of allylic oxidation sites excluding steroid dienone is 1. The van der Waals surface area contributed by atoms with E-state index in [0.717, 1.165) is 16.8 Å². The summed E-state index contributed by atoms with van der Waals surface area (Å²) in [5, 5.41) is 11.9. The third-order valence-electron chi connectivity index (χ3n) is 6.33. The van der Waals surface area contributed by atoms with E-state index in [1.165, 1.54) is 11.8 Å². The minimum absolute atomic E-state index is 0.0484. The molecule has 0 aromatic heterocycles. The fraction of sp³-hybridized carbons (Fsp3) is 0.214. The number of benzene rings is 3. The lowest BCUT2D eigenvalue weighted by molar-refractivity contribution is -0.129. The van der Waals surface area contributed by atoms with E-state index in [1.807, 2.05) is 65.6 Å². The van der Waals surface area contributed by atoms with Crippen molar-refractivity contribution >= 4 is 46.6 Å². The number of fused-ring (bicyclic) bond motifs is 1. The zero-order chi connectivity index (χ0) is 25.9. The minimum atomic E-state index is -0.361. The van der Waals surface area contributed by atoms with E-state index >= 15 is 0 Å². The summed E-state index contributed by atoms with van der Waals surface area (Å²) in [5.41, 5.74) is 3.29. The Morgan fingerprint density at radius 2 is 1.81 bits per heavy atom. The first-order valence-corrected chi connectivity index (χ1v) is 13.3. The highest BCUT2D eigenvalue weighted by Gasteiger charge is 2.38. The van der Waals surface area contributed by atoms with Crippen molar-refractivity contribution in [3.8, 4) is 17.6 Å². The fourth-order valence-electron chi connectivity index (χ4n) is 4.49. The van der Waals surface area contributed by atoms with Gasteiger partial charge in [-0.1, -0.05) is 71.4 Å². The highest BCUT2D eigenvalue weighted by molar-refractivity contribution is 8.03. The van der Waals surface area contributed by atoms with Gasteiger partial charge in [0.25, 0.3) is 0 Å². The number of rotatable bonds is 6. The maximum absolute atomic E-state index is 13.3. The van der Waals surface area contributed by atoms with Crippen LogP contribution in [0.25, 0.3) is 0 Å². The molecular weight excluding hydrogens is 529 g/mol. The van der Waals surface area contributed by atoms with Crippen LogP contribution in [-0.4, -0.2) is 30.5 Å². The van der Waals surface area contributed by atoms with Crippen LogP contribution >= 0.6 is 35.0 Å². The SMILES string of the molecule is COc1cc(C2CC(=O)N3CN(c4cc(Cl)cc(Cl)c4)CSC3=C2C#N)ccc1OCc1ccccc1. The van der Waals surface area contributed by atoms with Crippen LogP contribution in [0.5, 0.6) is 11.5 Å². The number of nitriles is 1. The number of hydrogen-bond donors (Lipinski definition) is 0. The van der Waals surface area contributed by atoms with Crippen LogP contribution in [0.15, 0.2) is 77.3 Å². The summed E-state index contributed by atoms with van der Waals surface area (Å²) in [7, 11) is 1.58. The Balaban J connectivity index is 1.39. The Kier molecular flexibility index (Phi) is 7.52. The summed E-state index contributed by atoms with van der Waals surface area (Å²) in [5.74, 6) is 1.32. The molecule has 9 heteroatoms. The van der Waals surface area contributed by atoms with Crippen molar-refractivity contribution in [2.24, 2.45) is 0 Å². The molecule has 0 spiro atoms. The van der Waals surface area contributed by atoms with Crippen LogP contribution in [0.4, 0.5) is 5.69 Å². The smallest absolute Gasteiger partial charge is 0.229 e. The summed E-state index contributed by atoms with van der Waals surface area (Å²) in [4.78, 5) is 17.0. The zero-order valence-corrected chi connectivity index (χ0v) is 22.3. The largest absolute Gasteiger partial charge is 0.493 e. The molecule has 0 saturated carbocycles. The van der Waals surface area contributed by atoms with Crippen LogP contribution in [0, 0.1) is 11.3 Å². The van der Waals surface area contributed by atoms with Gasteiger partial charge in [-0.15, -0.1) is 0 Å². The van der Waals surface area contributed by atoms with Gasteiger partial charge < -0.3 is 14.4 Å². The molecule has 1 amide bonds. The number of carbonyl (C=O) groups excluding carboxylic acids is 1. The number of thioether (sulfide) groups is 1. The molecule has 0 aliphatic carbocycles. The van der Waals surface area contributed by atoms with Gasteiger partial charge in [0.2, 0.25) is 5.91 Å². The fourth-order valence-corrected chi connectivity index (χ4v) is 6.17. The van der Waals surface area contributed by atoms with E-state index in [4.69, 9.17) is 32.7 Å². The van der Waals surface area contributed by atoms with Gasteiger partial charge in [0.1, 0.15) is 6.61 Å². The molecule has 3 aromatic rings. The monoisotopic (exact) mass is 551 g/mol. The number of amides is 1. The first-order chi connectivity index (χ1) is 18.0. The van der Waals surface area contributed by atoms with Crippen molar-refractivity contribution in [3.63, 3.8) is 0 Å². The third kappa shape index (κ3) is 5.37. The minimum Gasteiger partial charge on any atom is -0.493 e. The summed E-state index contributed by atoms with van der Waals surface area (Å²) in [6, 6.07) is 23.2. The van der Waals surface area contributed by atoms with Crippen LogP contribution in [0.2, 0.25) is 10.0 Å². The Hall–Kier alpha value is -3.31. The molecule has 1 atom stereocenters. The molecule has 6 nitrogen and oxygen atoms in total. The van der Waals surface area contributed by atoms with Crippen LogP contribution in [0.3, 0.4) is 0 Å².